The Kier molecular flexibility index (Phi) is 1.75. The number of hydrogen-bond donors (Lipinski definition) is 1. The van der Waals surface area contributed by atoms with Crippen LogP contribution in [0, 0.1) is 44.8 Å². The van der Waals surface area contributed by atoms with Gasteiger partial charge in [0.15, 0.2) is 0 Å². The van der Waals surface area contributed by atoms with E-state index in [4.69, 9.17) is 0 Å². The number of nitrogens with one attached hydrogen (secondary N) is 1. The van der Waals surface area contributed by atoms with Crippen molar-refractivity contribution < 1.29 is 25.5 Å². The van der Waals surface area contributed by atoms with Crippen molar-refractivity contribution in [3.05, 3.63) is 11.1 Å². The van der Waals surface area contributed by atoms with Crippen molar-refractivity contribution >= 4 is 19.5 Å². The van der Waals surface area contributed by atoms with Crippen LogP contribution in [0.1, 0.15) is 47.0 Å². The minimum absolute atomic E-state index is 0.0756. The summed E-state index contributed by atoms with van der Waals surface area (Å²) in [5, 5.41) is 1.80. The standard InChI is InChI=1S/C21H25NOSi.Ti/c1-8-9(2)11(4)24(10(8)3)13-12-5-17(16(22)23)7-18(13)14-20(17)15-19(20,6-12)21(14,15)18;/h10,12-15H,5-7H2,1-4H3,(H2,22,23);/q;+1/p-1. The number of hydrogen-bond acceptors (Lipinski definition) is 1. The van der Waals surface area contributed by atoms with Crippen molar-refractivity contribution in [3.8, 4) is 0 Å². The Balaban J connectivity index is 1.35. The van der Waals surface area contributed by atoms with Crippen LogP contribution < -0.4 is 3.80 Å². The summed E-state index contributed by atoms with van der Waals surface area (Å²) in [6, 6.07) is 0. The van der Waals surface area contributed by atoms with Gasteiger partial charge in [0.2, 0.25) is 0 Å². The number of rotatable bonds is 2. The molecule has 0 aromatic carbocycles. The Morgan fingerprint density at radius 1 is 1.20 bits per heavy atom. The fourth-order valence-electron chi connectivity index (χ4n) is 12.1. The van der Waals surface area contributed by atoms with E-state index in [1.807, 2.05) is 20.7 Å². The molecule has 1 N–H and O–H groups in total. The first kappa shape index (κ1) is 14.1. The zero-order valence-electron chi connectivity index (χ0n) is 15.4. The molecule has 9 fully saturated rings. The molecule has 2 nitrogen and oxygen atoms in total. The predicted octanol–water partition coefficient (Wildman–Crippen LogP) is 2.99. The molecular weight excluding hydrogens is 358 g/mol. The molecule has 25 heavy (non-hydrogen) atoms. The Hall–Kier alpha value is 0.0112. The maximum absolute atomic E-state index is 13.1. The van der Waals surface area contributed by atoms with Crippen molar-refractivity contribution in [3.63, 3.8) is 0 Å². The number of carbonyl (C=O) groups excluding carboxylic acids is 1. The van der Waals surface area contributed by atoms with Crippen LogP contribution in [0.25, 0.3) is 0 Å². The van der Waals surface area contributed by atoms with Gasteiger partial charge in [-0.2, -0.15) is 0 Å². The van der Waals surface area contributed by atoms with Crippen molar-refractivity contribution in [1.82, 2.24) is 3.80 Å². The number of carbonyl (C=O) groups is 1. The first-order valence-electron chi connectivity index (χ1n) is 10.2. The molecule has 0 radical (unpaired) electrons. The molecule has 6 bridgehead atoms. The second-order valence-electron chi connectivity index (χ2n) is 11.1. The van der Waals surface area contributed by atoms with Crippen LogP contribution in [0.4, 0.5) is 0 Å². The van der Waals surface area contributed by atoms with Gasteiger partial charge in [0, 0.05) is 0 Å². The zero-order valence-corrected chi connectivity index (χ0v) is 18.0. The molecule has 0 aromatic heterocycles. The van der Waals surface area contributed by atoms with Gasteiger partial charge in [-0.3, -0.25) is 0 Å². The Morgan fingerprint density at radius 3 is 2.60 bits per heavy atom. The summed E-state index contributed by atoms with van der Waals surface area (Å²) in [5.74, 6) is 3.31. The van der Waals surface area contributed by atoms with Gasteiger partial charge in [-0.1, -0.05) is 0 Å². The topological polar surface area (TPSA) is 29.1 Å². The van der Waals surface area contributed by atoms with Crippen LogP contribution in [0.5, 0.6) is 0 Å². The molecule has 1 amide bonds. The quantitative estimate of drug-likeness (QED) is 0.731. The van der Waals surface area contributed by atoms with Gasteiger partial charge in [-0.15, -0.1) is 0 Å². The van der Waals surface area contributed by atoms with Crippen molar-refractivity contribution in [2.24, 2.45) is 44.8 Å². The monoisotopic (exact) mass is 382 g/mol. The molecular formula is C21H24NOSiTi. The maximum atomic E-state index is 13.1. The summed E-state index contributed by atoms with van der Waals surface area (Å²) in [6.07, 6.45) is 4.05. The Morgan fingerprint density at radius 2 is 1.96 bits per heavy atom. The van der Waals surface area contributed by atoms with E-state index in [0.29, 0.717) is 22.2 Å². The van der Waals surface area contributed by atoms with E-state index in [0.717, 1.165) is 34.3 Å². The third-order valence-electron chi connectivity index (χ3n) is 12.0. The van der Waals surface area contributed by atoms with Gasteiger partial charge < -0.3 is 0 Å². The summed E-state index contributed by atoms with van der Waals surface area (Å²) < 4.78 is 3.12. The third-order valence-corrected chi connectivity index (χ3v) is 16.6. The van der Waals surface area contributed by atoms with Crippen LogP contribution in [0.15, 0.2) is 11.1 Å². The second kappa shape index (κ2) is 3.10. The van der Waals surface area contributed by atoms with Crippen LogP contribution in [-0.2, 0) is 25.5 Å². The first-order valence-corrected chi connectivity index (χ1v) is 12.7. The van der Waals surface area contributed by atoms with E-state index in [2.05, 4.69) is 31.5 Å². The van der Waals surface area contributed by atoms with Gasteiger partial charge in [0.25, 0.3) is 0 Å². The fraction of sp³-hybridized carbons (Fsp3) is 0.810. The summed E-state index contributed by atoms with van der Waals surface area (Å²) in [7, 11) is -0.484. The molecule has 4 heteroatoms. The second-order valence-corrected chi connectivity index (χ2v) is 14.6. The Labute approximate surface area is 162 Å². The van der Waals surface area contributed by atoms with Gasteiger partial charge in [0.1, 0.15) is 0 Å². The number of amides is 1. The van der Waals surface area contributed by atoms with Gasteiger partial charge in [-0.25, -0.2) is 0 Å². The molecule has 10 atom stereocenters. The normalized spacial score (nSPS) is 70.3. The predicted molar refractivity (Wildman–Crippen MR) is 92.6 cm³/mol. The molecule has 10 unspecified atom stereocenters. The fourth-order valence-corrected chi connectivity index (χ4v) is 17.2. The Bertz CT molecular complexity index is 969. The van der Waals surface area contributed by atoms with E-state index in [1.165, 1.54) is 19.3 Å². The molecule has 10 rings (SSSR count). The van der Waals surface area contributed by atoms with Gasteiger partial charge in [0.05, 0.1) is 0 Å². The van der Waals surface area contributed by atoms with E-state index in [1.54, 1.807) is 16.3 Å². The summed E-state index contributed by atoms with van der Waals surface area (Å²) in [5.41, 5.74) is 7.92. The molecule has 1 aliphatic heterocycles. The molecule has 10 aliphatic rings. The van der Waals surface area contributed by atoms with Crippen LogP contribution in [-0.4, -0.2) is 19.5 Å². The van der Waals surface area contributed by atoms with Crippen molar-refractivity contribution in [2.45, 2.75) is 58.0 Å². The van der Waals surface area contributed by atoms with E-state index in [-0.39, 0.29) is 5.41 Å². The van der Waals surface area contributed by atoms with Crippen molar-refractivity contribution in [1.29, 1.82) is 0 Å². The van der Waals surface area contributed by atoms with Crippen molar-refractivity contribution in [2.75, 3.05) is 0 Å². The van der Waals surface area contributed by atoms with Crippen LogP contribution in [0.3, 0.4) is 0 Å². The summed E-state index contributed by atoms with van der Waals surface area (Å²) >= 11 is 1.89. The molecule has 127 valence electrons. The SMILES string of the molecule is CC1=C(C)C(C)[Si](C2C3CC4(C(=O)[NH][Ti])CC25C2C46C4C6(C3)C245)=C1C. The molecule has 0 saturated heterocycles. The first-order chi connectivity index (χ1) is 11.9. The van der Waals surface area contributed by atoms with Crippen LogP contribution in [0.2, 0.25) is 11.1 Å². The van der Waals surface area contributed by atoms with Gasteiger partial charge >= 0.3 is 163 Å². The average molecular weight is 382 g/mol. The molecule has 9 aliphatic carbocycles. The van der Waals surface area contributed by atoms with Gasteiger partial charge in [-0.05, 0) is 0 Å². The zero-order chi connectivity index (χ0) is 17.1. The van der Waals surface area contributed by atoms with E-state index < -0.39 is 8.41 Å². The van der Waals surface area contributed by atoms with E-state index >= 15 is 0 Å². The summed E-state index contributed by atoms with van der Waals surface area (Å²) in [6.45, 7) is 9.81. The molecule has 4 spiro atoms. The summed E-state index contributed by atoms with van der Waals surface area (Å²) in [4.78, 5) is 13.1. The molecule has 0 aromatic rings. The molecule has 1 heterocycles. The average Bonchev–Trinajstić information content (AvgIpc) is 3.40. The van der Waals surface area contributed by atoms with E-state index in [9.17, 15) is 4.79 Å². The molecule has 9 saturated carbocycles. The minimum atomic E-state index is -0.484. The van der Waals surface area contributed by atoms with Crippen LogP contribution >= 0.6 is 0 Å². The number of allylic oxidation sites excluding steroid dienone is 2. The third kappa shape index (κ3) is 0.756.